The van der Waals surface area contributed by atoms with Crippen LogP contribution in [0.5, 0.6) is 0 Å². The normalized spacial score (nSPS) is 11.2. The van der Waals surface area contributed by atoms with Crippen molar-refractivity contribution in [3.05, 3.63) is 5.01 Å². The summed E-state index contributed by atoms with van der Waals surface area (Å²) in [4.78, 5) is 11.6. The molecule has 0 atom stereocenters. The molecule has 0 aliphatic heterocycles. The van der Waals surface area contributed by atoms with Crippen molar-refractivity contribution >= 4 is 22.4 Å². The van der Waals surface area contributed by atoms with Crippen molar-refractivity contribution in [3.63, 3.8) is 0 Å². The molecular formula is C12H21N3OS. The molecule has 1 aromatic heterocycles. The van der Waals surface area contributed by atoms with Crippen LogP contribution in [-0.4, -0.2) is 16.1 Å². The number of carbonyl (C=O) groups excluding carboxylic acids is 1. The van der Waals surface area contributed by atoms with Gasteiger partial charge in [-0.3, -0.25) is 4.79 Å². The highest BCUT2D eigenvalue weighted by Crippen LogP contribution is 2.18. The Morgan fingerprint density at radius 1 is 1.24 bits per heavy atom. The Hall–Kier alpha value is -0.970. The monoisotopic (exact) mass is 255 g/mol. The molecule has 96 valence electrons. The summed E-state index contributed by atoms with van der Waals surface area (Å²) in [5.74, 6) is 1.14. The van der Waals surface area contributed by atoms with Crippen LogP contribution < -0.4 is 5.32 Å². The SMILES string of the molecule is CC(C)CCC(=O)Nc1nnc(CC(C)C)s1. The Kier molecular flexibility index (Phi) is 5.55. The summed E-state index contributed by atoms with van der Waals surface area (Å²) >= 11 is 1.47. The van der Waals surface area contributed by atoms with Gasteiger partial charge in [0.1, 0.15) is 5.01 Å². The van der Waals surface area contributed by atoms with E-state index in [0.717, 1.165) is 17.8 Å². The second kappa shape index (κ2) is 6.69. The molecular weight excluding hydrogens is 234 g/mol. The first-order valence-electron chi connectivity index (χ1n) is 6.09. The van der Waals surface area contributed by atoms with Crippen molar-refractivity contribution in [2.45, 2.75) is 47.0 Å². The molecule has 1 amide bonds. The third kappa shape index (κ3) is 5.77. The molecule has 1 rings (SSSR count). The topological polar surface area (TPSA) is 54.9 Å². The fourth-order valence-corrected chi connectivity index (χ4v) is 2.31. The molecule has 4 nitrogen and oxygen atoms in total. The summed E-state index contributed by atoms with van der Waals surface area (Å²) in [6, 6.07) is 0. The van der Waals surface area contributed by atoms with Crippen molar-refractivity contribution in [1.82, 2.24) is 10.2 Å². The fourth-order valence-electron chi connectivity index (χ4n) is 1.34. The Bertz CT molecular complexity index is 360. The molecule has 0 fully saturated rings. The molecule has 0 bridgehead atoms. The standard InChI is InChI=1S/C12H21N3OS/c1-8(2)5-6-10(16)13-12-15-14-11(17-12)7-9(3)4/h8-9H,5-7H2,1-4H3,(H,13,15,16). The molecule has 0 unspecified atom stereocenters. The van der Waals surface area contributed by atoms with E-state index in [1.807, 2.05) is 0 Å². The molecule has 17 heavy (non-hydrogen) atoms. The lowest BCUT2D eigenvalue weighted by molar-refractivity contribution is -0.116. The summed E-state index contributed by atoms with van der Waals surface area (Å²) in [7, 11) is 0. The first-order valence-corrected chi connectivity index (χ1v) is 6.91. The van der Waals surface area contributed by atoms with Gasteiger partial charge in [0.2, 0.25) is 11.0 Å². The van der Waals surface area contributed by atoms with E-state index in [1.165, 1.54) is 11.3 Å². The van der Waals surface area contributed by atoms with E-state index >= 15 is 0 Å². The number of carbonyl (C=O) groups is 1. The third-order valence-corrected chi connectivity index (χ3v) is 3.11. The summed E-state index contributed by atoms with van der Waals surface area (Å²) in [5.41, 5.74) is 0. The molecule has 0 aromatic carbocycles. The van der Waals surface area contributed by atoms with Gasteiger partial charge < -0.3 is 5.32 Å². The van der Waals surface area contributed by atoms with E-state index in [4.69, 9.17) is 0 Å². The van der Waals surface area contributed by atoms with E-state index in [9.17, 15) is 4.79 Å². The number of nitrogens with zero attached hydrogens (tertiary/aromatic N) is 2. The number of hydrogen-bond acceptors (Lipinski definition) is 4. The number of amides is 1. The summed E-state index contributed by atoms with van der Waals surface area (Å²) in [6.45, 7) is 8.50. The minimum atomic E-state index is 0.0333. The van der Waals surface area contributed by atoms with Crippen LogP contribution in [0.3, 0.4) is 0 Å². The maximum atomic E-state index is 11.6. The second-order valence-corrected chi connectivity index (χ2v) is 6.14. The van der Waals surface area contributed by atoms with Gasteiger partial charge in [0.15, 0.2) is 0 Å². The number of aromatic nitrogens is 2. The average molecular weight is 255 g/mol. The highest BCUT2D eigenvalue weighted by molar-refractivity contribution is 7.15. The van der Waals surface area contributed by atoms with Crippen LogP contribution in [0.15, 0.2) is 0 Å². The molecule has 5 heteroatoms. The third-order valence-electron chi connectivity index (χ3n) is 2.24. The van der Waals surface area contributed by atoms with Gasteiger partial charge >= 0.3 is 0 Å². The van der Waals surface area contributed by atoms with Gasteiger partial charge in [0.25, 0.3) is 0 Å². The summed E-state index contributed by atoms with van der Waals surface area (Å²) in [6.07, 6.45) is 2.37. The number of hydrogen-bond donors (Lipinski definition) is 1. The van der Waals surface area contributed by atoms with Crippen LogP contribution >= 0.6 is 11.3 Å². The molecule has 0 aliphatic carbocycles. The van der Waals surface area contributed by atoms with Crippen molar-refractivity contribution in [1.29, 1.82) is 0 Å². The Morgan fingerprint density at radius 3 is 2.53 bits per heavy atom. The predicted molar refractivity (Wildman–Crippen MR) is 71.2 cm³/mol. The highest BCUT2D eigenvalue weighted by atomic mass is 32.1. The van der Waals surface area contributed by atoms with E-state index in [0.29, 0.717) is 23.4 Å². The van der Waals surface area contributed by atoms with E-state index in [-0.39, 0.29) is 5.91 Å². The van der Waals surface area contributed by atoms with Gasteiger partial charge in [-0.25, -0.2) is 0 Å². The molecule has 0 radical (unpaired) electrons. The van der Waals surface area contributed by atoms with Crippen LogP contribution in [0.1, 0.15) is 45.5 Å². The molecule has 0 spiro atoms. The molecule has 1 N–H and O–H groups in total. The van der Waals surface area contributed by atoms with E-state index < -0.39 is 0 Å². The summed E-state index contributed by atoms with van der Waals surface area (Å²) in [5, 5.41) is 12.4. The lowest BCUT2D eigenvalue weighted by Crippen LogP contribution is -2.11. The second-order valence-electron chi connectivity index (χ2n) is 5.08. The molecule has 0 saturated carbocycles. The summed E-state index contributed by atoms with van der Waals surface area (Å²) < 4.78 is 0. The first kappa shape index (κ1) is 14.1. The number of rotatable bonds is 6. The lowest BCUT2D eigenvalue weighted by atomic mass is 10.1. The first-order chi connectivity index (χ1) is 7.97. The van der Waals surface area contributed by atoms with Crippen LogP contribution in [0, 0.1) is 11.8 Å². The zero-order chi connectivity index (χ0) is 12.8. The minimum absolute atomic E-state index is 0.0333. The maximum absolute atomic E-state index is 11.6. The van der Waals surface area contributed by atoms with Crippen LogP contribution in [0.4, 0.5) is 5.13 Å². The smallest absolute Gasteiger partial charge is 0.226 e. The van der Waals surface area contributed by atoms with Crippen LogP contribution in [0.2, 0.25) is 0 Å². The van der Waals surface area contributed by atoms with Gasteiger partial charge in [0.05, 0.1) is 0 Å². The van der Waals surface area contributed by atoms with Gasteiger partial charge in [-0.05, 0) is 18.3 Å². The highest BCUT2D eigenvalue weighted by Gasteiger charge is 2.09. The van der Waals surface area contributed by atoms with Crippen molar-refractivity contribution in [2.24, 2.45) is 11.8 Å². The number of nitrogens with one attached hydrogen (secondary N) is 1. The Balaban J connectivity index is 2.40. The zero-order valence-corrected chi connectivity index (χ0v) is 11.8. The molecule has 1 heterocycles. The van der Waals surface area contributed by atoms with Gasteiger partial charge in [0, 0.05) is 12.8 Å². The zero-order valence-electron chi connectivity index (χ0n) is 11.0. The minimum Gasteiger partial charge on any atom is -0.301 e. The van der Waals surface area contributed by atoms with Gasteiger partial charge in [-0.2, -0.15) is 0 Å². The van der Waals surface area contributed by atoms with E-state index in [1.54, 1.807) is 0 Å². The van der Waals surface area contributed by atoms with Gasteiger partial charge in [-0.1, -0.05) is 39.0 Å². The van der Waals surface area contributed by atoms with Crippen LogP contribution in [-0.2, 0) is 11.2 Å². The number of anilines is 1. The van der Waals surface area contributed by atoms with Crippen molar-refractivity contribution < 1.29 is 4.79 Å². The van der Waals surface area contributed by atoms with Crippen LogP contribution in [0.25, 0.3) is 0 Å². The molecule has 0 saturated heterocycles. The molecule has 0 aliphatic rings. The average Bonchev–Trinajstić information content (AvgIpc) is 2.61. The lowest BCUT2D eigenvalue weighted by Gasteiger charge is -2.03. The van der Waals surface area contributed by atoms with E-state index in [2.05, 4.69) is 43.2 Å². The fraction of sp³-hybridized carbons (Fsp3) is 0.750. The van der Waals surface area contributed by atoms with Gasteiger partial charge in [-0.15, -0.1) is 10.2 Å². The maximum Gasteiger partial charge on any atom is 0.226 e. The predicted octanol–water partition coefficient (Wildman–Crippen LogP) is 3.11. The quantitative estimate of drug-likeness (QED) is 0.849. The Labute approximate surface area is 107 Å². The van der Waals surface area contributed by atoms with Crippen molar-refractivity contribution in [2.75, 3.05) is 5.32 Å². The largest absolute Gasteiger partial charge is 0.301 e. The molecule has 1 aromatic rings. The Morgan fingerprint density at radius 2 is 1.94 bits per heavy atom. The van der Waals surface area contributed by atoms with Crippen molar-refractivity contribution in [3.8, 4) is 0 Å².